The zero-order valence-electron chi connectivity index (χ0n) is 25.3. The normalized spacial score (nSPS) is 11.8. The highest BCUT2D eigenvalue weighted by Gasteiger charge is 2.17. The molecule has 10 rings (SSSR count). The first kappa shape index (κ1) is 25.9. The van der Waals surface area contributed by atoms with Crippen molar-refractivity contribution >= 4 is 54.7 Å². The summed E-state index contributed by atoms with van der Waals surface area (Å²) < 4.78 is 11.2. The van der Waals surface area contributed by atoms with Gasteiger partial charge >= 0.3 is 0 Å². The summed E-state index contributed by atoms with van der Waals surface area (Å²) in [6.07, 6.45) is 0. The number of benzene rings is 7. The molecule has 0 saturated carbocycles. The van der Waals surface area contributed by atoms with Crippen LogP contribution in [0.25, 0.3) is 88.7 Å². The molecule has 10 aromatic rings. The van der Waals surface area contributed by atoms with Crippen LogP contribution >= 0.6 is 0 Å². The Morgan fingerprint density at radius 2 is 0.851 bits per heavy atom. The predicted molar refractivity (Wildman–Crippen MR) is 194 cm³/mol. The summed E-state index contributed by atoms with van der Waals surface area (Å²) in [6.45, 7) is 0. The van der Waals surface area contributed by atoms with Crippen LogP contribution in [0.1, 0.15) is 0 Å². The standard InChI is InChI=1S/C43H27N3O/c1-3-11-31(12-4-1)45-38-17-9-7-15-33(38)35-22-19-28(25-40(35)45)29-21-24-37-42(27-29)47-43(44-37)30-20-23-36-34-16-8-10-18-39(34)46(41(36)26-30)32-13-5-2-6-14-32/h1-27H. The highest BCUT2D eigenvalue weighted by molar-refractivity contribution is 6.11. The molecule has 0 spiro atoms. The minimum atomic E-state index is 0.614. The monoisotopic (exact) mass is 601 g/mol. The van der Waals surface area contributed by atoms with E-state index < -0.39 is 0 Å². The van der Waals surface area contributed by atoms with Gasteiger partial charge < -0.3 is 13.6 Å². The van der Waals surface area contributed by atoms with Gasteiger partial charge in [-0.25, -0.2) is 4.98 Å². The number of rotatable bonds is 4. The Balaban J connectivity index is 1.10. The van der Waals surface area contributed by atoms with E-state index in [0.717, 1.165) is 44.7 Å². The Morgan fingerprint density at radius 1 is 0.383 bits per heavy atom. The fourth-order valence-electron chi connectivity index (χ4n) is 7.19. The number of nitrogens with zero attached hydrogens (tertiary/aromatic N) is 3. The van der Waals surface area contributed by atoms with Gasteiger partial charge in [0.1, 0.15) is 5.52 Å². The van der Waals surface area contributed by atoms with Gasteiger partial charge in [-0.05, 0) is 77.9 Å². The van der Waals surface area contributed by atoms with Gasteiger partial charge in [0.2, 0.25) is 5.89 Å². The highest BCUT2D eigenvalue weighted by Crippen LogP contribution is 2.38. The molecule has 0 atom stereocenters. The van der Waals surface area contributed by atoms with Crippen LogP contribution in [0.4, 0.5) is 0 Å². The number of para-hydroxylation sites is 4. The zero-order chi connectivity index (χ0) is 30.9. The first-order valence-electron chi connectivity index (χ1n) is 15.9. The van der Waals surface area contributed by atoms with E-state index in [9.17, 15) is 0 Å². The van der Waals surface area contributed by atoms with Crippen molar-refractivity contribution in [1.82, 2.24) is 14.1 Å². The van der Waals surface area contributed by atoms with E-state index in [0.29, 0.717) is 5.89 Å². The van der Waals surface area contributed by atoms with E-state index in [2.05, 4.69) is 173 Å². The molecule has 7 aromatic carbocycles. The lowest BCUT2D eigenvalue weighted by molar-refractivity contribution is 0.620. The van der Waals surface area contributed by atoms with Gasteiger partial charge in [-0.15, -0.1) is 0 Å². The smallest absolute Gasteiger partial charge is 0.227 e. The van der Waals surface area contributed by atoms with Gasteiger partial charge in [0.25, 0.3) is 0 Å². The van der Waals surface area contributed by atoms with Crippen LogP contribution in [0.3, 0.4) is 0 Å². The molecular formula is C43H27N3O. The Kier molecular flexibility index (Phi) is 5.54. The number of hydrogen-bond acceptors (Lipinski definition) is 2. The van der Waals surface area contributed by atoms with Gasteiger partial charge in [0, 0.05) is 38.5 Å². The largest absolute Gasteiger partial charge is 0.436 e. The van der Waals surface area contributed by atoms with Gasteiger partial charge in [0.05, 0.1) is 22.1 Å². The lowest BCUT2D eigenvalue weighted by Gasteiger charge is -2.09. The average molecular weight is 602 g/mol. The van der Waals surface area contributed by atoms with Crippen LogP contribution in [-0.4, -0.2) is 14.1 Å². The van der Waals surface area contributed by atoms with Crippen molar-refractivity contribution < 1.29 is 4.42 Å². The second kappa shape index (κ2) is 10.1. The molecule has 0 fully saturated rings. The zero-order valence-corrected chi connectivity index (χ0v) is 25.3. The van der Waals surface area contributed by atoms with E-state index in [1.807, 2.05) is 0 Å². The van der Waals surface area contributed by atoms with Crippen LogP contribution in [0.2, 0.25) is 0 Å². The van der Waals surface area contributed by atoms with E-state index in [-0.39, 0.29) is 0 Å². The third-order valence-electron chi connectivity index (χ3n) is 9.35. The maximum Gasteiger partial charge on any atom is 0.227 e. The summed E-state index contributed by atoms with van der Waals surface area (Å²) >= 11 is 0. The van der Waals surface area contributed by atoms with E-state index >= 15 is 0 Å². The van der Waals surface area contributed by atoms with Crippen LogP contribution in [-0.2, 0) is 0 Å². The van der Waals surface area contributed by atoms with E-state index in [4.69, 9.17) is 9.40 Å². The first-order valence-corrected chi connectivity index (χ1v) is 15.9. The van der Waals surface area contributed by atoms with Crippen molar-refractivity contribution in [3.63, 3.8) is 0 Å². The maximum atomic E-state index is 6.49. The molecule has 0 N–H and O–H groups in total. The molecule has 0 unspecified atom stereocenters. The summed E-state index contributed by atoms with van der Waals surface area (Å²) in [5, 5.41) is 4.91. The molecule has 0 aliphatic rings. The maximum absolute atomic E-state index is 6.49. The summed E-state index contributed by atoms with van der Waals surface area (Å²) in [5.41, 5.74) is 11.7. The Morgan fingerprint density at radius 3 is 1.47 bits per heavy atom. The summed E-state index contributed by atoms with van der Waals surface area (Å²) in [6, 6.07) is 57.8. The fraction of sp³-hybridized carbons (Fsp3) is 0. The molecule has 0 aliphatic carbocycles. The minimum absolute atomic E-state index is 0.614. The van der Waals surface area contributed by atoms with Crippen molar-refractivity contribution in [2.24, 2.45) is 0 Å². The second-order valence-electron chi connectivity index (χ2n) is 12.0. The van der Waals surface area contributed by atoms with Gasteiger partial charge in [0.15, 0.2) is 5.58 Å². The summed E-state index contributed by atoms with van der Waals surface area (Å²) in [7, 11) is 0. The van der Waals surface area contributed by atoms with Crippen molar-refractivity contribution in [1.29, 1.82) is 0 Å². The summed E-state index contributed by atoms with van der Waals surface area (Å²) in [4.78, 5) is 4.93. The van der Waals surface area contributed by atoms with E-state index in [1.165, 1.54) is 38.1 Å². The Labute approximate surface area is 270 Å². The molecule has 0 saturated heterocycles. The lowest BCUT2D eigenvalue weighted by Crippen LogP contribution is -1.93. The lowest BCUT2D eigenvalue weighted by atomic mass is 10.0. The molecule has 0 bridgehead atoms. The van der Waals surface area contributed by atoms with Crippen molar-refractivity contribution in [2.75, 3.05) is 0 Å². The SMILES string of the molecule is c1ccc(-n2c3ccccc3c3ccc(-c4ccc5nc(-c6ccc7c8ccccc8n(-c8ccccc8)c7c6)oc5c4)cc32)cc1. The highest BCUT2D eigenvalue weighted by atomic mass is 16.3. The number of oxazole rings is 1. The molecule has 3 aromatic heterocycles. The first-order chi connectivity index (χ1) is 23.3. The van der Waals surface area contributed by atoms with Crippen LogP contribution < -0.4 is 0 Å². The molecule has 4 heteroatoms. The fourth-order valence-corrected chi connectivity index (χ4v) is 7.19. The molecule has 0 aliphatic heterocycles. The third kappa shape index (κ3) is 3.98. The van der Waals surface area contributed by atoms with Crippen LogP contribution in [0, 0.1) is 0 Å². The average Bonchev–Trinajstić information content (AvgIpc) is 3.81. The van der Waals surface area contributed by atoms with Crippen LogP contribution in [0.5, 0.6) is 0 Å². The number of fused-ring (bicyclic) bond motifs is 7. The second-order valence-corrected chi connectivity index (χ2v) is 12.0. The van der Waals surface area contributed by atoms with Gasteiger partial charge in [-0.1, -0.05) is 97.1 Å². The number of aromatic nitrogens is 3. The third-order valence-corrected chi connectivity index (χ3v) is 9.35. The Hall–Kier alpha value is -6.39. The summed E-state index contributed by atoms with van der Waals surface area (Å²) in [5.74, 6) is 0.614. The molecule has 0 radical (unpaired) electrons. The molecule has 0 amide bonds. The van der Waals surface area contributed by atoms with E-state index in [1.54, 1.807) is 0 Å². The van der Waals surface area contributed by atoms with Crippen LogP contribution in [0.15, 0.2) is 168 Å². The number of hydrogen-bond donors (Lipinski definition) is 0. The molecular weight excluding hydrogens is 574 g/mol. The van der Waals surface area contributed by atoms with Crippen molar-refractivity contribution in [3.05, 3.63) is 164 Å². The van der Waals surface area contributed by atoms with Crippen molar-refractivity contribution in [3.8, 4) is 34.0 Å². The molecule has 4 nitrogen and oxygen atoms in total. The topological polar surface area (TPSA) is 35.9 Å². The van der Waals surface area contributed by atoms with Gasteiger partial charge in [-0.3, -0.25) is 0 Å². The predicted octanol–water partition coefficient (Wildman–Crippen LogP) is 11.4. The minimum Gasteiger partial charge on any atom is -0.436 e. The molecule has 220 valence electrons. The molecule has 3 heterocycles. The molecule has 47 heavy (non-hydrogen) atoms. The quantitative estimate of drug-likeness (QED) is 0.201. The van der Waals surface area contributed by atoms with Crippen molar-refractivity contribution in [2.45, 2.75) is 0 Å². The Bertz CT molecular complexity index is 2630. The van der Waals surface area contributed by atoms with Gasteiger partial charge in [-0.2, -0.15) is 0 Å².